The van der Waals surface area contributed by atoms with Gasteiger partial charge in [0.15, 0.2) is 0 Å². The minimum atomic E-state index is -0.0249. The van der Waals surface area contributed by atoms with Crippen LogP contribution in [-0.4, -0.2) is 16.9 Å². The molecule has 0 bridgehead atoms. The molecule has 1 atom stereocenters. The molecule has 0 aliphatic carbocycles. The number of rotatable bonds is 4. The maximum atomic E-state index is 6.24. The third kappa shape index (κ3) is 2.83. The van der Waals surface area contributed by atoms with E-state index in [1.807, 2.05) is 24.6 Å². The first kappa shape index (κ1) is 14.9. The summed E-state index contributed by atoms with van der Waals surface area (Å²) >= 11 is 6.24. The lowest BCUT2D eigenvalue weighted by Gasteiger charge is -2.11. The van der Waals surface area contributed by atoms with Gasteiger partial charge >= 0.3 is 0 Å². The van der Waals surface area contributed by atoms with Gasteiger partial charge in [0.1, 0.15) is 5.75 Å². The summed E-state index contributed by atoms with van der Waals surface area (Å²) in [5, 5.41) is 4.58. The maximum absolute atomic E-state index is 6.24. The summed E-state index contributed by atoms with van der Waals surface area (Å²) < 4.78 is 7.43. The van der Waals surface area contributed by atoms with Gasteiger partial charge in [0.05, 0.1) is 24.7 Å². The van der Waals surface area contributed by atoms with E-state index in [0.29, 0.717) is 6.54 Å². The Morgan fingerprint density at radius 3 is 2.55 bits per heavy atom. The van der Waals surface area contributed by atoms with Crippen LogP contribution in [0.5, 0.6) is 5.75 Å². The largest absolute Gasteiger partial charge is 0.496 e. The number of methoxy groups -OCH3 is 1. The number of benzene rings is 1. The van der Waals surface area contributed by atoms with Crippen molar-refractivity contribution in [2.24, 2.45) is 0 Å². The lowest BCUT2D eigenvalue weighted by atomic mass is 10.1. The molecule has 1 aromatic heterocycles. The molecule has 1 heterocycles. The van der Waals surface area contributed by atoms with Crippen molar-refractivity contribution in [2.45, 2.75) is 39.6 Å². The summed E-state index contributed by atoms with van der Waals surface area (Å²) in [6.07, 6.45) is 0. The van der Waals surface area contributed by atoms with Gasteiger partial charge in [-0.3, -0.25) is 4.68 Å². The summed E-state index contributed by atoms with van der Waals surface area (Å²) in [6.45, 7) is 8.83. The highest BCUT2D eigenvalue weighted by molar-refractivity contribution is 6.20. The Morgan fingerprint density at radius 2 is 2.00 bits per heavy atom. The van der Waals surface area contributed by atoms with Crippen LogP contribution >= 0.6 is 11.6 Å². The summed E-state index contributed by atoms with van der Waals surface area (Å²) in [5.41, 5.74) is 5.59. The average Bonchev–Trinajstić information content (AvgIpc) is 2.64. The van der Waals surface area contributed by atoms with Crippen LogP contribution in [-0.2, 0) is 6.54 Å². The predicted molar refractivity (Wildman–Crippen MR) is 82.8 cm³/mol. The molecule has 4 heteroatoms. The Labute approximate surface area is 125 Å². The molecule has 1 aromatic carbocycles. The number of halogens is 1. The predicted octanol–water partition coefficient (Wildman–Crippen LogP) is 4.17. The first-order chi connectivity index (χ1) is 9.43. The second kappa shape index (κ2) is 5.88. The summed E-state index contributed by atoms with van der Waals surface area (Å²) in [6, 6.07) is 6.19. The summed E-state index contributed by atoms with van der Waals surface area (Å²) in [4.78, 5) is 0. The molecule has 0 amide bonds. The molecule has 0 N–H and O–H groups in total. The van der Waals surface area contributed by atoms with E-state index in [0.717, 1.165) is 28.3 Å². The molecule has 2 rings (SSSR count). The molecule has 0 fully saturated rings. The molecule has 2 aromatic rings. The summed E-state index contributed by atoms with van der Waals surface area (Å²) in [7, 11) is 1.70. The number of nitrogens with zero attached hydrogens (tertiary/aromatic N) is 2. The Kier molecular flexibility index (Phi) is 4.39. The standard InChI is InChI=1S/C16H21ClN2O/c1-10-6-7-15(20-5)14(8-10)9-19-13(4)16(11(2)17)12(3)18-19/h6-8,11H,9H2,1-5H3. The minimum absolute atomic E-state index is 0.0249. The average molecular weight is 293 g/mol. The lowest BCUT2D eigenvalue weighted by Crippen LogP contribution is -2.06. The quantitative estimate of drug-likeness (QED) is 0.791. The molecule has 0 radical (unpaired) electrons. The molecule has 0 saturated heterocycles. The van der Waals surface area contributed by atoms with Crippen LogP contribution in [0.15, 0.2) is 18.2 Å². The van der Waals surface area contributed by atoms with E-state index in [9.17, 15) is 0 Å². The number of hydrogen-bond donors (Lipinski definition) is 0. The monoisotopic (exact) mass is 292 g/mol. The van der Waals surface area contributed by atoms with Crippen LogP contribution < -0.4 is 4.74 Å². The number of hydrogen-bond acceptors (Lipinski definition) is 2. The van der Waals surface area contributed by atoms with E-state index in [4.69, 9.17) is 16.3 Å². The Morgan fingerprint density at radius 1 is 1.30 bits per heavy atom. The zero-order valence-corrected chi connectivity index (χ0v) is 13.5. The first-order valence-electron chi connectivity index (χ1n) is 6.75. The SMILES string of the molecule is COc1ccc(C)cc1Cn1nc(C)c(C(C)Cl)c1C. The fourth-order valence-corrected chi connectivity index (χ4v) is 2.95. The van der Waals surface area contributed by atoms with Crippen LogP contribution in [0.1, 0.15) is 40.4 Å². The van der Waals surface area contributed by atoms with E-state index in [1.165, 1.54) is 5.56 Å². The van der Waals surface area contributed by atoms with E-state index < -0.39 is 0 Å². The van der Waals surface area contributed by atoms with Crippen LogP contribution in [0.25, 0.3) is 0 Å². The Bertz CT molecular complexity index is 617. The molecule has 3 nitrogen and oxygen atoms in total. The lowest BCUT2D eigenvalue weighted by molar-refractivity contribution is 0.407. The molecule has 20 heavy (non-hydrogen) atoms. The number of ether oxygens (including phenoxy) is 1. The van der Waals surface area contributed by atoms with E-state index in [2.05, 4.69) is 31.1 Å². The van der Waals surface area contributed by atoms with Crippen LogP contribution in [0.4, 0.5) is 0 Å². The molecule has 1 unspecified atom stereocenters. The highest BCUT2D eigenvalue weighted by Crippen LogP contribution is 2.28. The zero-order chi connectivity index (χ0) is 14.9. The van der Waals surface area contributed by atoms with Crippen LogP contribution in [0.2, 0.25) is 0 Å². The number of aryl methyl sites for hydroxylation is 2. The second-order valence-corrected chi connectivity index (χ2v) is 5.83. The van der Waals surface area contributed by atoms with Gasteiger partial charge in [-0.1, -0.05) is 17.7 Å². The maximum Gasteiger partial charge on any atom is 0.123 e. The van der Waals surface area contributed by atoms with Gasteiger partial charge in [-0.2, -0.15) is 5.10 Å². The van der Waals surface area contributed by atoms with E-state index >= 15 is 0 Å². The highest BCUT2D eigenvalue weighted by Gasteiger charge is 2.16. The van der Waals surface area contributed by atoms with Gasteiger partial charge in [0.2, 0.25) is 0 Å². The minimum Gasteiger partial charge on any atom is -0.496 e. The van der Waals surface area contributed by atoms with Crippen molar-refractivity contribution in [2.75, 3.05) is 7.11 Å². The fourth-order valence-electron chi connectivity index (χ4n) is 2.63. The molecule has 0 saturated carbocycles. The van der Waals surface area contributed by atoms with E-state index in [-0.39, 0.29) is 5.38 Å². The number of aromatic nitrogens is 2. The molecular formula is C16H21ClN2O. The number of alkyl halides is 1. The Hall–Kier alpha value is -1.48. The van der Waals surface area contributed by atoms with Gasteiger partial charge in [0, 0.05) is 16.8 Å². The fraction of sp³-hybridized carbons (Fsp3) is 0.438. The van der Waals surface area contributed by atoms with Gasteiger partial charge in [-0.25, -0.2) is 0 Å². The topological polar surface area (TPSA) is 27.1 Å². The smallest absolute Gasteiger partial charge is 0.123 e. The van der Waals surface area contributed by atoms with Crippen molar-refractivity contribution in [3.8, 4) is 5.75 Å². The van der Waals surface area contributed by atoms with Crippen molar-refractivity contribution in [3.63, 3.8) is 0 Å². The molecule has 0 aliphatic heterocycles. The van der Waals surface area contributed by atoms with Gasteiger partial charge in [0.25, 0.3) is 0 Å². The van der Waals surface area contributed by atoms with Crippen molar-refractivity contribution in [3.05, 3.63) is 46.3 Å². The normalized spacial score (nSPS) is 12.5. The molecule has 0 aliphatic rings. The highest BCUT2D eigenvalue weighted by atomic mass is 35.5. The van der Waals surface area contributed by atoms with Gasteiger partial charge in [-0.15, -0.1) is 11.6 Å². The Balaban J connectivity index is 2.40. The second-order valence-electron chi connectivity index (χ2n) is 5.17. The third-order valence-electron chi connectivity index (χ3n) is 3.59. The van der Waals surface area contributed by atoms with Crippen LogP contribution in [0.3, 0.4) is 0 Å². The van der Waals surface area contributed by atoms with Crippen LogP contribution in [0, 0.1) is 20.8 Å². The zero-order valence-electron chi connectivity index (χ0n) is 12.7. The van der Waals surface area contributed by atoms with Crippen molar-refractivity contribution in [1.82, 2.24) is 9.78 Å². The molecule has 108 valence electrons. The molecule has 0 spiro atoms. The first-order valence-corrected chi connectivity index (χ1v) is 7.19. The third-order valence-corrected chi connectivity index (χ3v) is 3.81. The van der Waals surface area contributed by atoms with Gasteiger partial charge < -0.3 is 4.74 Å². The summed E-state index contributed by atoms with van der Waals surface area (Å²) in [5.74, 6) is 0.892. The van der Waals surface area contributed by atoms with Gasteiger partial charge in [-0.05, 0) is 33.8 Å². The van der Waals surface area contributed by atoms with Crippen molar-refractivity contribution >= 4 is 11.6 Å². The molecular weight excluding hydrogens is 272 g/mol. The van der Waals surface area contributed by atoms with Crippen molar-refractivity contribution < 1.29 is 4.74 Å². The van der Waals surface area contributed by atoms with E-state index in [1.54, 1.807) is 7.11 Å². The van der Waals surface area contributed by atoms with Crippen molar-refractivity contribution in [1.29, 1.82) is 0 Å².